The molecule has 1 N–H and O–H groups in total. The molecule has 0 aliphatic carbocycles. The van der Waals surface area contributed by atoms with Crippen molar-refractivity contribution in [2.75, 3.05) is 31.6 Å². The second kappa shape index (κ2) is 10.4. The Kier molecular flexibility index (Phi) is 7.37. The fourth-order valence-electron chi connectivity index (χ4n) is 3.74. The number of nitrogens with zero attached hydrogens (tertiary/aromatic N) is 4. The molecule has 2 aromatic heterocycles. The van der Waals surface area contributed by atoms with E-state index in [2.05, 4.69) is 36.2 Å². The molecule has 0 spiro atoms. The molecule has 31 heavy (non-hydrogen) atoms. The van der Waals surface area contributed by atoms with E-state index in [4.69, 9.17) is 4.74 Å². The number of likely N-dealkylation sites (tertiary alicyclic amines) is 1. The predicted octanol–water partition coefficient (Wildman–Crippen LogP) is 4.35. The summed E-state index contributed by atoms with van der Waals surface area (Å²) < 4.78 is 8.85. The molecule has 9 heteroatoms. The second-order valence-corrected chi connectivity index (χ2v) is 9.38. The van der Waals surface area contributed by atoms with Crippen molar-refractivity contribution < 1.29 is 9.53 Å². The Morgan fingerprint density at radius 2 is 2.16 bits per heavy atom. The van der Waals surface area contributed by atoms with Crippen LogP contribution in [0.5, 0.6) is 5.75 Å². The number of aryl methyl sites for hydroxylation is 2. The Balaban J connectivity index is 1.48. The zero-order valence-corrected chi connectivity index (χ0v) is 19.9. The first-order valence-electron chi connectivity index (χ1n) is 10.5. The van der Waals surface area contributed by atoms with Gasteiger partial charge in [-0.15, -0.1) is 11.3 Å². The number of hydrogen-bond acceptors (Lipinski definition) is 6. The van der Waals surface area contributed by atoms with Crippen molar-refractivity contribution in [3.8, 4) is 17.0 Å². The largest absolute Gasteiger partial charge is 0.492 e. The van der Waals surface area contributed by atoms with Crippen molar-refractivity contribution in [1.29, 1.82) is 0 Å². The van der Waals surface area contributed by atoms with Crippen LogP contribution in [0.2, 0.25) is 0 Å². The highest BCUT2D eigenvalue weighted by molar-refractivity contribution is 9.10. The number of thiazole rings is 1. The van der Waals surface area contributed by atoms with Crippen LogP contribution >= 0.6 is 27.3 Å². The summed E-state index contributed by atoms with van der Waals surface area (Å²) in [5.74, 6) is 0.747. The van der Waals surface area contributed by atoms with Gasteiger partial charge in [-0.25, -0.2) is 4.98 Å². The van der Waals surface area contributed by atoms with Crippen LogP contribution in [0.4, 0.5) is 5.69 Å². The number of nitrogens with one attached hydrogen (secondary N) is 1. The van der Waals surface area contributed by atoms with E-state index in [1.54, 1.807) is 28.4 Å². The van der Waals surface area contributed by atoms with Gasteiger partial charge in [0.2, 0.25) is 5.91 Å². The van der Waals surface area contributed by atoms with Gasteiger partial charge in [-0.2, -0.15) is 5.10 Å². The predicted molar refractivity (Wildman–Crippen MR) is 127 cm³/mol. The van der Waals surface area contributed by atoms with Gasteiger partial charge in [-0.05, 0) is 60.1 Å². The molecule has 0 bridgehead atoms. The molecule has 1 fully saturated rings. The molecule has 3 heterocycles. The lowest BCUT2D eigenvalue weighted by Crippen LogP contribution is -2.25. The van der Waals surface area contributed by atoms with E-state index in [9.17, 15) is 4.79 Å². The van der Waals surface area contributed by atoms with Crippen LogP contribution < -0.4 is 10.1 Å². The van der Waals surface area contributed by atoms with E-state index < -0.39 is 0 Å². The molecule has 164 valence electrons. The van der Waals surface area contributed by atoms with E-state index in [0.29, 0.717) is 19.4 Å². The third kappa shape index (κ3) is 5.72. The highest BCUT2D eigenvalue weighted by atomic mass is 79.9. The first kappa shape index (κ1) is 22.0. The number of rotatable bonds is 9. The summed E-state index contributed by atoms with van der Waals surface area (Å²) in [6, 6.07) is 5.77. The van der Waals surface area contributed by atoms with Gasteiger partial charge in [0.25, 0.3) is 0 Å². The molecule has 0 atom stereocenters. The number of halogens is 1. The maximum absolute atomic E-state index is 12.4. The Labute approximate surface area is 194 Å². The lowest BCUT2D eigenvalue weighted by atomic mass is 10.1. The van der Waals surface area contributed by atoms with Gasteiger partial charge in [0, 0.05) is 49.3 Å². The van der Waals surface area contributed by atoms with Crippen molar-refractivity contribution in [2.45, 2.75) is 25.7 Å². The fourth-order valence-corrected chi connectivity index (χ4v) is 4.93. The number of ether oxygens (including phenoxy) is 1. The van der Waals surface area contributed by atoms with Crippen LogP contribution in [0, 0.1) is 0 Å². The topological polar surface area (TPSA) is 72.3 Å². The minimum Gasteiger partial charge on any atom is -0.492 e. The Bertz CT molecular complexity index is 996. The molecule has 4 rings (SSSR count). The molecule has 0 unspecified atom stereocenters. The van der Waals surface area contributed by atoms with Crippen LogP contribution in [0.25, 0.3) is 11.3 Å². The molecule has 1 aromatic carbocycles. The third-order valence-electron chi connectivity index (χ3n) is 5.33. The van der Waals surface area contributed by atoms with Gasteiger partial charge in [-0.1, -0.05) is 0 Å². The van der Waals surface area contributed by atoms with E-state index in [1.807, 2.05) is 30.6 Å². The monoisotopic (exact) mass is 503 g/mol. The molecule has 1 amide bonds. The maximum atomic E-state index is 12.4. The smallest absolute Gasteiger partial charge is 0.224 e. The lowest BCUT2D eigenvalue weighted by Gasteiger charge is -2.18. The Hall–Kier alpha value is -2.23. The molecule has 7 nitrogen and oxygen atoms in total. The maximum Gasteiger partial charge on any atom is 0.224 e. The van der Waals surface area contributed by atoms with Crippen molar-refractivity contribution in [3.05, 3.63) is 45.5 Å². The quantitative estimate of drug-likeness (QED) is 0.469. The minimum absolute atomic E-state index is 0.0343. The molecule has 0 saturated carbocycles. The third-order valence-corrected chi connectivity index (χ3v) is 6.75. The lowest BCUT2D eigenvalue weighted by molar-refractivity contribution is -0.116. The van der Waals surface area contributed by atoms with Crippen molar-refractivity contribution in [3.63, 3.8) is 0 Å². The molecule has 1 aliphatic heterocycles. The van der Waals surface area contributed by atoms with Crippen LogP contribution in [0.3, 0.4) is 0 Å². The summed E-state index contributed by atoms with van der Waals surface area (Å²) in [7, 11) is 1.90. The average molecular weight is 504 g/mol. The van der Waals surface area contributed by atoms with Crippen molar-refractivity contribution in [2.24, 2.45) is 7.05 Å². The van der Waals surface area contributed by atoms with E-state index >= 15 is 0 Å². The van der Waals surface area contributed by atoms with Gasteiger partial charge in [0.15, 0.2) is 0 Å². The SMILES string of the molecule is Cn1ncc(Br)c1-c1cc(NC(=O)CCc2nccs2)ccc1OCCN1CCCC1. The minimum atomic E-state index is -0.0343. The summed E-state index contributed by atoms with van der Waals surface area (Å²) in [6.07, 6.45) is 7.10. The van der Waals surface area contributed by atoms with Crippen LogP contribution in [-0.2, 0) is 18.3 Å². The highest BCUT2D eigenvalue weighted by Gasteiger charge is 2.17. The standard InChI is InChI=1S/C22H26BrN5O2S/c1-27-22(18(23)15-25-27)17-14-16(26-20(29)6-7-21-24-8-13-31-21)4-5-19(17)30-12-11-28-9-2-3-10-28/h4-5,8,13-15H,2-3,6-7,9-12H2,1H3,(H,26,29). The normalized spacial score (nSPS) is 14.1. The molecule has 1 saturated heterocycles. The number of benzene rings is 1. The van der Waals surface area contributed by atoms with E-state index in [0.717, 1.165) is 51.8 Å². The number of amides is 1. The van der Waals surface area contributed by atoms with Crippen LogP contribution in [0.15, 0.2) is 40.4 Å². The summed E-state index contributed by atoms with van der Waals surface area (Å²) >= 11 is 5.16. The molecule has 0 radical (unpaired) electrons. The van der Waals surface area contributed by atoms with Gasteiger partial charge in [0.1, 0.15) is 12.4 Å². The Morgan fingerprint density at radius 1 is 1.32 bits per heavy atom. The molecular weight excluding hydrogens is 478 g/mol. The fraction of sp³-hybridized carbons (Fsp3) is 0.409. The number of carbonyl (C=O) groups is 1. The summed E-state index contributed by atoms with van der Waals surface area (Å²) in [5, 5.41) is 10.2. The van der Waals surface area contributed by atoms with Crippen molar-refractivity contribution in [1.82, 2.24) is 19.7 Å². The van der Waals surface area contributed by atoms with Gasteiger partial charge in [-0.3, -0.25) is 14.4 Å². The van der Waals surface area contributed by atoms with E-state index in [-0.39, 0.29) is 5.91 Å². The van der Waals surface area contributed by atoms with E-state index in [1.165, 1.54) is 12.8 Å². The first-order valence-corrected chi connectivity index (χ1v) is 12.1. The average Bonchev–Trinajstić information content (AvgIpc) is 3.51. The van der Waals surface area contributed by atoms with Gasteiger partial charge in [0.05, 0.1) is 21.4 Å². The molecule has 3 aromatic rings. The van der Waals surface area contributed by atoms with Gasteiger partial charge < -0.3 is 10.1 Å². The number of carbonyl (C=O) groups excluding carboxylic acids is 1. The number of hydrogen-bond donors (Lipinski definition) is 1. The highest BCUT2D eigenvalue weighted by Crippen LogP contribution is 2.36. The van der Waals surface area contributed by atoms with Crippen LogP contribution in [0.1, 0.15) is 24.3 Å². The molecular formula is C22H26BrN5O2S. The zero-order valence-electron chi connectivity index (χ0n) is 17.5. The van der Waals surface area contributed by atoms with Crippen molar-refractivity contribution >= 4 is 38.9 Å². The summed E-state index contributed by atoms with van der Waals surface area (Å²) in [5.41, 5.74) is 2.54. The summed E-state index contributed by atoms with van der Waals surface area (Å²) in [6.45, 7) is 3.84. The first-order chi connectivity index (χ1) is 15.1. The second-order valence-electron chi connectivity index (χ2n) is 7.55. The Morgan fingerprint density at radius 3 is 2.87 bits per heavy atom. The molecule has 1 aliphatic rings. The number of anilines is 1. The van der Waals surface area contributed by atoms with Gasteiger partial charge >= 0.3 is 0 Å². The number of aromatic nitrogens is 3. The van der Waals surface area contributed by atoms with Crippen LogP contribution in [-0.4, -0.2) is 51.8 Å². The summed E-state index contributed by atoms with van der Waals surface area (Å²) in [4.78, 5) is 19.1. The zero-order chi connectivity index (χ0) is 21.6.